The Morgan fingerprint density at radius 1 is 1.47 bits per heavy atom. The van der Waals surface area contributed by atoms with Crippen molar-refractivity contribution in [3.05, 3.63) is 41.4 Å². The van der Waals surface area contributed by atoms with Crippen LogP contribution in [0.5, 0.6) is 6.01 Å². The fraction of sp³-hybridized carbons (Fsp3) is 0.182. The molecule has 102 valence electrons. The highest BCUT2D eigenvalue weighted by Crippen LogP contribution is 2.22. The zero-order valence-electron chi connectivity index (χ0n) is 9.88. The van der Waals surface area contributed by atoms with Gasteiger partial charge >= 0.3 is 16.1 Å². The summed E-state index contributed by atoms with van der Waals surface area (Å²) in [6, 6.07) is 3.85. The zero-order chi connectivity index (χ0) is 14.0. The molecule has 0 N–H and O–H groups in total. The molecule has 8 heteroatoms. The second-order valence-corrected chi connectivity index (χ2v) is 5.87. The molecular formula is C11H10ClFN2O3S. The third kappa shape index (κ3) is 3.05. The van der Waals surface area contributed by atoms with Gasteiger partial charge < -0.3 is 4.18 Å². The average molecular weight is 305 g/mol. The molecular weight excluding hydrogens is 295 g/mol. The molecule has 0 fully saturated rings. The van der Waals surface area contributed by atoms with Gasteiger partial charge in [-0.05, 0) is 25.1 Å². The molecule has 5 nitrogen and oxygen atoms in total. The molecule has 1 aromatic carbocycles. The molecule has 0 saturated carbocycles. The topological polar surface area (TPSA) is 61.2 Å². The van der Waals surface area contributed by atoms with Crippen LogP contribution < -0.4 is 4.18 Å². The molecule has 0 aliphatic heterocycles. The lowest BCUT2D eigenvalue weighted by Crippen LogP contribution is -2.14. The lowest BCUT2D eigenvalue weighted by Gasteiger charge is -2.08. The fourth-order valence-electron chi connectivity index (χ4n) is 1.36. The quantitative estimate of drug-likeness (QED) is 0.814. The van der Waals surface area contributed by atoms with E-state index >= 15 is 0 Å². The molecule has 1 aromatic heterocycles. The van der Waals surface area contributed by atoms with E-state index in [-0.39, 0.29) is 16.8 Å². The summed E-state index contributed by atoms with van der Waals surface area (Å²) in [6.07, 6.45) is 2.86. The third-order valence-corrected chi connectivity index (χ3v) is 3.74. The molecule has 0 atom stereocenters. The highest BCUT2D eigenvalue weighted by molar-refractivity contribution is 7.87. The van der Waals surface area contributed by atoms with E-state index in [9.17, 15) is 12.8 Å². The van der Waals surface area contributed by atoms with Crippen LogP contribution in [-0.4, -0.2) is 23.7 Å². The molecule has 0 aliphatic rings. The Morgan fingerprint density at radius 2 is 2.21 bits per heavy atom. The van der Waals surface area contributed by atoms with E-state index in [1.54, 1.807) is 0 Å². The van der Waals surface area contributed by atoms with E-state index in [2.05, 4.69) is 4.98 Å². The van der Waals surface area contributed by atoms with Crippen molar-refractivity contribution in [3.8, 4) is 11.7 Å². The Morgan fingerprint density at radius 3 is 2.84 bits per heavy atom. The number of benzene rings is 1. The summed E-state index contributed by atoms with van der Waals surface area (Å²) >= 11 is 5.68. The van der Waals surface area contributed by atoms with Gasteiger partial charge in [-0.2, -0.15) is 8.42 Å². The molecule has 0 spiro atoms. The monoisotopic (exact) mass is 304 g/mol. The van der Waals surface area contributed by atoms with Crippen LogP contribution in [0, 0.1) is 5.82 Å². The molecule has 2 rings (SSSR count). The number of halogens is 2. The summed E-state index contributed by atoms with van der Waals surface area (Å²) in [5, 5.41) is -0.0736. The Labute approximate surface area is 114 Å². The molecule has 19 heavy (non-hydrogen) atoms. The molecule has 2 aromatic rings. The number of hydrogen-bond acceptors (Lipinski definition) is 4. The van der Waals surface area contributed by atoms with E-state index in [4.69, 9.17) is 15.8 Å². The predicted octanol–water partition coefficient (Wildman–Crippen LogP) is 2.39. The van der Waals surface area contributed by atoms with Crippen LogP contribution in [0.25, 0.3) is 5.69 Å². The number of hydrogen-bond donors (Lipinski definition) is 0. The first-order valence-corrected chi connectivity index (χ1v) is 7.29. The first-order chi connectivity index (χ1) is 8.93. The largest absolute Gasteiger partial charge is 0.344 e. The number of aromatic nitrogens is 2. The molecule has 0 saturated heterocycles. The number of rotatable bonds is 4. The summed E-state index contributed by atoms with van der Waals surface area (Å²) in [5.41, 5.74) is 0.449. The van der Waals surface area contributed by atoms with Crippen molar-refractivity contribution in [2.45, 2.75) is 6.92 Å². The molecule has 0 unspecified atom stereocenters. The average Bonchev–Trinajstić information content (AvgIpc) is 2.80. The SMILES string of the molecule is CCS(=O)(=O)Oc1nccn1-c1ccc(F)c(Cl)c1. The summed E-state index contributed by atoms with van der Waals surface area (Å²) in [4.78, 5) is 3.80. The van der Waals surface area contributed by atoms with Gasteiger partial charge in [0.2, 0.25) is 0 Å². The number of nitrogens with zero attached hydrogens (tertiary/aromatic N) is 2. The van der Waals surface area contributed by atoms with Gasteiger partial charge in [0.1, 0.15) is 5.82 Å². The minimum atomic E-state index is -3.68. The van der Waals surface area contributed by atoms with Gasteiger partial charge in [0.25, 0.3) is 0 Å². The minimum absolute atomic E-state index is 0.0736. The van der Waals surface area contributed by atoms with Gasteiger partial charge in [0.05, 0.1) is 16.5 Å². The van der Waals surface area contributed by atoms with Gasteiger partial charge in [-0.1, -0.05) is 11.6 Å². The highest BCUT2D eigenvalue weighted by atomic mass is 35.5. The maximum atomic E-state index is 13.1. The Kier molecular flexibility index (Phi) is 3.77. The van der Waals surface area contributed by atoms with E-state index in [0.29, 0.717) is 5.69 Å². The van der Waals surface area contributed by atoms with Gasteiger partial charge in [-0.25, -0.2) is 9.37 Å². The summed E-state index contributed by atoms with van der Waals surface area (Å²) in [7, 11) is -3.68. The lowest BCUT2D eigenvalue weighted by atomic mass is 10.3. The van der Waals surface area contributed by atoms with Crippen molar-refractivity contribution in [3.63, 3.8) is 0 Å². The van der Waals surface area contributed by atoms with Gasteiger partial charge in [0, 0.05) is 12.4 Å². The van der Waals surface area contributed by atoms with Crippen LogP contribution >= 0.6 is 11.6 Å². The predicted molar refractivity (Wildman–Crippen MR) is 68.6 cm³/mol. The van der Waals surface area contributed by atoms with Crippen LogP contribution in [0.3, 0.4) is 0 Å². The first-order valence-electron chi connectivity index (χ1n) is 5.34. The molecule has 0 radical (unpaired) electrons. The second kappa shape index (κ2) is 5.18. The summed E-state index contributed by atoms with van der Waals surface area (Å²) in [6.45, 7) is 1.46. The van der Waals surface area contributed by atoms with Crippen molar-refractivity contribution in [1.29, 1.82) is 0 Å². The van der Waals surface area contributed by atoms with Crippen LogP contribution in [-0.2, 0) is 10.1 Å². The fourth-order valence-corrected chi connectivity index (χ4v) is 2.00. The van der Waals surface area contributed by atoms with Crippen molar-refractivity contribution < 1.29 is 17.0 Å². The molecule has 1 heterocycles. The van der Waals surface area contributed by atoms with Crippen molar-refractivity contribution in [1.82, 2.24) is 9.55 Å². The molecule has 0 amide bonds. The third-order valence-electron chi connectivity index (χ3n) is 2.34. The second-order valence-electron chi connectivity index (χ2n) is 3.61. The van der Waals surface area contributed by atoms with Crippen molar-refractivity contribution in [2.75, 3.05) is 5.75 Å². The molecule has 0 bridgehead atoms. The van der Waals surface area contributed by atoms with Gasteiger partial charge in [-0.3, -0.25) is 4.57 Å². The van der Waals surface area contributed by atoms with E-state index < -0.39 is 15.9 Å². The van der Waals surface area contributed by atoms with Crippen LogP contribution in [0.1, 0.15) is 6.92 Å². The minimum Gasteiger partial charge on any atom is -0.344 e. The van der Waals surface area contributed by atoms with E-state index in [1.165, 1.54) is 42.1 Å². The Hall–Kier alpha value is -1.60. The normalized spacial score (nSPS) is 11.5. The van der Waals surface area contributed by atoms with E-state index in [1.807, 2.05) is 0 Å². The van der Waals surface area contributed by atoms with Crippen LogP contribution in [0.15, 0.2) is 30.6 Å². The van der Waals surface area contributed by atoms with Crippen molar-refractivity contribution in [2.24, 2.45) is 0 Å². The highest BCUT2D eigenvalue weighted by Gasteiger charge is 2.15. The zero-order valence-corrected chi connectivity index (χ0v) is 11.4. The maximum Gasteiger partial charge on any atom is 0.317 e. The standard InChI is InChI=1S/C11H10ClFN2O3S/c1-2-19(16,17)18-11-14-5-6-15(11)8-3-4-10(13)9(12)7-8/h3-7H,2H2,1H3. The van der Waals surface area contributed by atoms with Gasteiger partial charge in [0.15, 0.2) is 0 Å². The summed E-state index contributed by atoms with van der Waals surface area (Å²) < 4.78 is 42.1. The smallest absolute Gasteiger partial charge is 0.317 e. The number of imidazole rings is 1. The van der Waals surface area contributed by atoms with Crippen molar-refractivity contribution >= 4 is 21.7 Å². The lowest BCUT2D eigenvalue weighted by molar-refractivity contribution is 0.460. The Balaban J connectivity index is 2.41. The van der Waals surface area contributed by atoms with Crippen LogP contribution in [0.2, 0.25) is 5.02 Å². The van der Waals surface area contributed by atoms with Gasteiger partial charge in [-0.15, -0.1) is 0 Å². The van der Waals surface area contributed by atoms with E-state index in [0.717, 1.165) is 0 Å². The molecule has 0 aliphatic carbocycles. The summed E-state index contributed by atoms with van der Waals surface area (Å²) in [5.74, 6) is -0.737. The first kappa shape index (κ1) is 13.8. The Bertz CT molecular complexity index is 700. The van der Waals surface area contributed by atoms with Crippen LogP contribution in [0.4, 0.5) is 4.39 Å². The maximum absolute atomic E-state index is 13.1.